The lowest BCUT2D eigenvalue weighted by Crippen LogP contribution is -2.51. The molecule has 0 spiro atoms. The Hall–Kier alpha value is -0.680. The second-order valence-electron chi connectivity index (χ2n) is 9.40. The Labute approximate surface area is 157 Å². The molecule has 0 aromatic heterocycles. The molecule has 0 aromatic carbocycles. The maximum atomic E-state index is 14.3. The summed E-state index contributed by atoms with van der Waals surface area (Å²) < 4.78 is 14.3. The third kappa shape index (κ3) is 3.94. The Morgan fingerprint density at radius 1 is 1.04 bits per heavy atom. The molecule has 2 aliphatic carbocycles. The van der Waals surface area contributed by atoms with Crippen LogP contribution in [0.1, 0.15) is 71.1 Å². The fraction of sp³-hybridized carbons (Fsp3) is 0.952. The Balaban J connectivity index is 1.30. The first-order chi connectivity index (χ1) is 12.6. The quantitative estimate of drug-likeness (QED) is 0.721. The van der Waals surface area contributed by atoms with Crippen LogP contribution in [0.15, 0.2) is 0 Å². The van der Waals surface area contributed by atoms with Gasteiger partial charge in [0.2, 0.25) is 5.91 Å². The van der Waals surface area contributed by atoms with Crippen LogP contribution in [0.2, 0.25) is 0 Å². The van der Waals surface area contributed by atoms with Gasteiger partial charge in [-0.15, -0.1) is 0 Å². The van der Waals surface area contributed by atoms with Crippen molar-refractivity contribution in [2.75, 3.05) is 6.54 Å². The van der Waals surface area contributed by atoms with Gasteiger partial charge in [-0.25, -0.2) is 4.39 Å². The van der Waals surface area contributed by atoms with Crippen molar-refractivity contribution in [3.8, 4) is 0 Å². The molecule has 8 atom stereocenters. The smallest absolute Gasteiger partial charge is 0.237 e. The number of rotatable bonds is 3. The number of amides is 1. The molecule has 26 heavy (non-hydrogen) atoms. The molecule has 2 saturated carbocycles. The number of hydrogen-bond acceptors (Lipinski definition) is 3. The molecule has 8 unspecified atom stereocenters. The fourth-order valence-corrected chi connectivity index (χ4v) is 6.11. The average Bonchev–Trinajstić information content (AvgIpc) is 3.13. The van der Waals surface area contributed by atoms with Crippen LogP contribution in [0.3, 0.4) is 0 Å². The first-order valence-corrected chi connectivity index (χ1v) is 11.1. The van der Waals surface area contributed by atoms with Gasteiger partial charge >= 0.3 is 0 Å². The van der Waals surface area contributed by atoms with Crippen molar-refractivity contribution in [2.24, 2.45) is 17.8 Å². The Kier molecular flexibility index (Phi) is 5.84. The highest BCUT2D eigenvalue weighted by molar-refractivity contribution is 5.82. The number of alkyl halides is 1. The summed E-state index contributed by atoms with van der Waals surface area (Å²) in [6.07, 6.45) is 10.1. The predicted octanol–water partition coefficient (Wildman–Crippen LogP) is 2.92. The van der Waals surface area contributed by atoms with Crippen LogP contribution in [0.4, 0.5) is 4.39 Å². The number of piperidine rings is 1. The molecule has 2 aliphatic heterocycles. The Morgan fingerprint density at radius 2 is 1.92 bits per heavy atom. The Morgan fingerprint density at radius 3 is 2.69 bits per heavy atom. The minimum atomic E-state index is -0.738. The molecule has 0 bridgehead atoms. The summed E-state index contributed by atoms with van der Waals surface area (Å²) in [5, 5.41) is 10.5. The van der Waals surface area contributed by atoms with E-state index in [2.05, 4.69) is 22.9 Å². The molecule has 5 heteroatoms. The zero-order chi connectivity index (χ0) is 18.1. The van der Waals surface area contributed by atoms with Crippen molar-refractivity contribution < 1.29 is 9.18 Å². The zero-order valence-corrected chi connectivity index (χ0v) is 16.2. The van der Waals surface area contributed by atoms with Gasteiger partial charge in [0, 0.05) is 24.0 Å². The summed E-state index contributed by atoms with van der Waals surface area (Å²) in [6.45, 7) is 3.34. The number of nitrogens with one attached hydrogen (secondary N) is 3. The molecule has 4 nitrogen and oxygen atoms in total. The van der Waals surface area contributed by atoms with Gasteiger partial charge in [-0.05, 0) is 69.7 Å². The van der Waals surface area contributed by atoms with Crippen LogP contribution in [-0.4, -0.2) is 42.8 Å². The van der Waals surface area contributed by atoms with E-state index in [1.165, 1.54) is 32.1 Å². The van der Waals surface area contributed by atoms with Gasteiger partial charge in [0.05, 0.1) is 6.04 Å². The second-order valence-corrected chi connectivity index (χ2v) is 9.40. The molecule has 148 valence electrons. The monoisotopic (exact) mass is 365 g/mol. The van der Waals surface area contributed by atoms with Gasteiger partial charge in [-0.2, -0.15) is 0 Å². The van der Waals surface area contributed by atoms with Gasteiger partial charge in [0.25, 0.3) is 0 Å². The van der Waals surface area contributed by atoms with E-state index in [0.29, 0.717) is 36.8 Å². The van der Waals surface area contributed by atoms with Crippen molar-refractivity contribution in [1.82, 2.24) is 16.0 Å². The molecular formula is C21H36FN3O. The lowest BCUT2D eigenvalue weighted by atomic mass is 9.77. The molecule has 0 aromatic rings. The number of carbonyl (C=O) groups is 1. The number of hydrogen-bond donors (Lipinski definition) is 3. The summed E-state index contributed by atoms with van der Waals surface area (Å²) in [6, 6.07) is 0.925. The summed E-state index contributed by atoms with van der Waals surface area (Å²) >= 11 is 0. The third-order valence-corrected chi connectivity index (χ3v) is 7.63. The van der Waals surface area contributed by atoms with Gasteiger partial charge in [0.15, 0.2) is 0 Å². The maximum Gasteiger partial charge on any atom is 0.237 e. The van der Waals surface area contributed by atoms with Crippen LogP contribution in [-0.2, 0) is 4.79 Å². The lowest BCUT2D eigenvalue weighted by Gasteiger charge is -2.37. The van der Waals surface area contributed by atoms with Gasteiger partial charge in [-0.1, -0.05) is 19.8 Å². The maximum absolute atomic E-state index is 14.3. The SMILES string of the molecule is CC1CCC(F)C2CC(C(=O)NC3CCCC(C4CCCCN4)C3)NC12. The van der Waals surface area contributed by atoms with Crippen molar-refractivity contribution in [3.63, 3.8) is 0 Å². The van der Waals surface area contributed by atoms with Gasteiger partial charge < -0.3 is 16.0 Å². The van der Waals surface area contributed by atoms with Crippen LogP contribution >= 0.6 is 0 Å². The topological polar surface area (TPSA) is 53.2 Å². The van der Waals surface area contributed by atoms with Gasteiger partial charge in [-0.3, -0.25) is 4.79 Å². The molecule has 4 aliphatic rings. The molecule has 2 saturated heterocycles. The van der Waals surface area contributed by atoms with Crippen molar-refractivity contribution in [1.29, 1.82) is 0 Å². The zero-order valence-electron chi connectivity index (χ0n) is 16.2. The number of carbonyl (C=O) groups excluding carboxylic acids is 1. The minimum Gasteiger partial charge on any atom is -0.352 e. The molecule has 0 radical (unpaired) electrons. The summed E-state index contributed by atoms with van der Waals surface area (Å²) in [5.74, 6) is 1.31. The van der Waals surface area contributed by atoms with E-state index in [0.717, 1.165) is 25.8 Å². The highest BCUT2D eigenvalue weighted by Crippen LogP contribution is 2.39. The molecule has 4 rings (SSSR count). The van der Waals surface area contributed by atoms with Gasteiger partial charge in [0.1, 0.15) is 6.17 Å². The van der Waals surface area contributed by atoms with Crippen LogP contribution in [0.25, 0.3) is 0 Å². The van der Waals surface area contributed by atoms with Crippen LogP contribution in [0, 0.1) is 17.8 Å². The molecule has 2 heterocycles. The van der Waals surface area contributed by atoms with Crippen molar-refractivity contribution in [2.45, 2.75) is 101 Å². The van der Waals surface area contributed by atoms with Crippen molar-refractivity contribution in [3.05, 3.63) is 0 Å². The lowest BCUT2D eigenvalue weighted by molar-refractivity contribution is -0.124. The van der Waals surface area contributed by atoms with Crippen LogP contribution < -0.4 is 16.0 Å². The number of halogens is 1. The van der Waals surface area contributed by atoms with E-state index in [1.54, 1.807) is 0 Å². The van der Waals surface area contributed by atoms with E-state index < -0.39 is 6.17 Å². The first-order valence-electron chi connectivity index (χ1n) is 11.1. The predicted molar refractivity (Wildman–Crippen MR) is 102 cm³/mol. The van der Waals surface area contributed by atoms with E-state index in [-0.39, 0.29) is 23.9 Å². The first kappa shape index (κ1) is 18.7. The van der Waals surface area contributed by atoms with Crippen molar-refractivity contribution >= 4 is 5.91 Å². The van der Waals surface area contributed by atoms with E-state index in [9.17, 15) is 9.18 Å². The van der Waals surface area contributed by atoms with Crippen LogP contribution in [0.5, 0.6) is 0 Å². The minimum absolute atomic E-state index is 0.0278. The molecule has 4 fully saturated rings. The van der Waals surface area contributed by atoms with E-state index >= 15 is 0 Å². The number of fused-ring (bicyclic) bond motifs is 1. The molecular weight excluding hydrogens is 329 g/mol. The third-order valence-electron chi connectivity index (χ3n) is 7.63. The molecule has 1 amide bonds. The highest BCUT2D eigenvalue weighted by atomic mass is 19.1. The van der Waals surface area contributed by atoms with E-state index in [1.807, 2.05) is 0 Å². The van der Waals surface area contributed by atoms with E-state index in [4.69, 9.17) is 0 Å². The fourth-order valence-electron chi connectivity index (χ4n) is 6.11. The molecule has 3 N–H and O–H groups in total. The largest absolute Gasteiger partial charge is 0.352 e. The normalized spacial score (nSPS) is 46.5. The summed E-state index contributed by atoms with van der Waals surface area (Å²) in [4.78, 5) is 12.8. The summed E-state index contributed by atoms with van der Waals surface area (Å²) in [7, 11) is 0. The average molecular weight is 366 g/mol. The highest BCUT2D eigenvalue weighted by Gasteiger charge is 2.46. The second kappa shape index (κ2) is 8.14. The summed E-state index contributed by atoms with van der Waals surface area (Å²) in [5.41, 5.74) is 0. The Bertz CT molecular complexity index is 478. The standard InChI is InChI=1S/C21H36FN3O/c1-13-8-9-17(22)16-12-19(25-20(13)16)21(26)24-15-6-4-5-14(11-15)18-7-2-3-10-23-18/h13-20,23,25H,2-12H2,1H3,(H,24,26).